The first-order valence-corrected chi connectivity index (χ1v) is 15.4. The van der Waals surface area contributed by atoms with Crippen LogP contribution in [0.25, 0.3) is 0 Å². The highest BCUT2D eigenvalue weighted by atomic mass is 16.7. The minimum absolute atomic E-state index is 0.0812. The molecule has 0 aliphatic carbocycles. The van der Waals surface area contributed by atoms with Crippen LogP contribution >= 0.6 is 0 Å². The number of carbonyl (C=O) groups is 6. The molecule has 0 bridgehead atoms. The van der Waals surface area contributed by atoms with Gasteiger partial charge in [0.25, 0.3) is 5.69 Å². The first-order valence-electron chi connectivity index (χ1n) is 15.4. The average Bonchev–Trinajstić information content (AvgIpc) is 3.07. The lowest BCUT2D eigenvalue weighted by atomic mass is 10.0. The highest BCUT2D eigenvalue weighted by Gasteiger charge is 2.27. The fourth-order valence-corrected chi connectivity index (χ4v) is 4.06. The molecule has 2 atom stereocenters. The van der Waals surface area contributed by atoms with Crippen LogP contribution in [0.2, 0.25) is 0 Å². The Morgan fingerprint density at radius 2 is 1.53 bits per heavy atom. The third-order valence-electron chi connectivity index (χ3n) is 6.80. The summed E-state index contributed by atoms with van der Waals surface area (Å²) in [6.45, 7) is 5.28. The topological polar surface area (TPSA) is 221 Å². The van der Waals surface area contributed by atoms with E-state index in [9.17, 15) is 38.9 Å². The van der Waals surface area contributed by atoms with E-state index >= 15 is 0 Å². The van der Waals surface area contributed by atoms with Crippen molar-refractivity contribution >= 4 is 47.1 Å². The number of nitro groups is 1. The SMILES string of the molecule is COC(=O)/C=C\C(=O)NCCCCCC(=O)N[C@H](C(=O)N[C@@H](C)C(=O)Nc1ccc(COC(=O)Oc2ccc([N+](=O)[O-])cc2)cc1)C(C)C. The Bertz CT molecular complexity index is 1490. The Balaban J connectivity index is 1.73. The number of hydrogen-bond donors (Lipinski definition) is 4. The van der Waals surface area contributed by atoms with Gasteiger partial charge in [0.05, 0.1) is 12.0 Å². The normalized spacial score (nSPS) is 11.9. The van der Waals surface area contributed by atoms with Crippen LogP contribution in [0.5, 0.6) is 5.75 Å². The summed E-state index contributed by atoms with van der Waals surface area (Å²) >= 11 is 0. The van der Waals surface area contributed by atoms with E-state index in [0.29, 0.717) is 37.1 Å². The van der Waals surface area contributed by atoms with Crippen LogP contribution in [-0.4, -0.2) is 66.4 Å². The van der Waals surface area contributed by atoms with Crippen molar-refractivity contribution in [2.75, 3.05) is 19.0 Å². The number of hydrogen-bond acceptors (Lipinski definition) is 11. The summed E-state index contributed by atoms with van der Waals surface area (Å²) < 4.78 is 14.5. The van der Waals surface area contributed by atoms with Crippen molar-refractivity contribution in [3.05, 3.63) is 76.4 Å². The number of benzene rings is 2. The summed E-state index contributed by atoms with van der Waals surface area (Å²) in [4.78, 5) is 82.9. The Hall–Kier alpha value is -5.80. The number of nitro benzene ring substituents is 1. The first-order chi connectivity index (χ1) is 23.3. The minimum atomic E-state index is -1.00. The van der Waals surface area contributed by atoms with Crippen molar-refractivity contribution < 1.29 is 47.9 Å². The van der Waals surface area contributed by atoms with Gasteiger partial charge in [0.1, 0.15) is 24.4 Å². The lowest BCUT2D eigenvalue weighted by molar-refractivity contribution is -0.384. The Morgan fingerprint density at radius 3 is 2.14 bits per heavy atom. The molecule has 16 nitrogen and oxygen atoms in total. The van der Waals surface area contributed by atoms with Crippen molar-refractivity contribution in [1.29, 1.82) is 0 Å². The Kier molecular flexibility index (Phi) is 16.4. The van der Waals surface area contributed by atoms with Crippen molar-refractivity contribution in [3.63, 3.8) is 0 Å². The quantitative estimate of drug-likeness (QED) is 0.0446. The van der Waals surface area contributed by atoms with Gasteiger partial charge in [0, 0.05) is 42.9 Å². The number of methoxy groups -OCH3 is 1. The number of non-ortho nitro benzene ring substituents is 1. The van der Waals surface area contributed by atoms with Crippen molar-refractivity contribution in [2.45, 2.75) is 65.1 Å². The predicted molar refractivity (Wildman–Crippen MR) is 176 cm³/mol. The maximum Gasteiger partial charge on any atom is 0.514 e. The van der Waals surface area contributed by atoms with Gasteiger partial charge in [0.15, 0.2) is 0 Å². The van der Waals surface area contributed by atoms with Gasteiger partial charge in [-0.2, -0.15) is 0 Å². The summed E-state index contributed by atoms with van der Waals surface area (Å²) in [7, 11) is 1.21. The van der Waals surface area contributed by atoms with E-state index in [1.165, 1.54) is 38.3 Å². The third kappa shape index (κ3) is 15.1. The van der Waals surface area contributed by atoms with Crippen LogP contribution in [-0.2, 0) is 40.1 Å². The lowest BCUT2D eigenvalue weighted by Crippen LogP contribution is -2.53. The van der Waals surface area contributed by atoms with E-state index in [-0.39, 0.29) is 36.3 Å². The second-order valence-corrected chi connectivity index (χ2v) is 11.1. The molecule has 4 N–H and O–H groups in total. The van der Waals surface area contributed by atoms with Crippen LogP contribution in [0.1, 0.15) is 52.0 Å². The summed E-state index contributed by atoms with van der Waals surface area (Å²) in [5.74, 6) is -2.56. The molecule has 4 amide bonds. The van der Waals surface area contributed by atoms with E-state index < -0.39 is 46.9 Å². The molecule has 0 unspecified atom stereocenters. The van der Waals surface area contributed by atoms with Gasteiger partial charge in [-0.05, 0) is 55.5 Å². The standard InChI is InChI=1S/C33H41N5O11/c1-21(2)30(37-28(40)8-6-5-7-19-34-27(39)17-18-29(41)47-4)32(43)35-22(3)31(42)36-24-11-9-23(10-12-24)20-48-33(44)49-26-15-13-25(14-16-26)38(45)46/h9-18,21-22,30H,5-8,19-20H2,1-4H3,(H,34,39)(H,35,43)(H,36,42)(H,37,40)/b18-17-/t22-,30-/m0/s1. The molecule has 0 fully saturated rings. The van der Waals surface area contributed by atoms with E-state index in [1.54, 1.807) is 38.1 Å². The molecule has 0 aromatic heterocycles. The number of carbonyl (C=O) groups excluding carboxylic acids is 6. The van der Waals surface area contributed by atoms with Crippen molar-refractivity contribution in [1.82, 2.24) is 16.0 Å². The highest BCUT2D eigenvalue weighted by molar-refractivity contribution is 5.98. The van der Waals surface area contributed by atoms with Gasteiger partial charge in [-0.1, -0.05) is 32.4 Å². The zero-order valence-corrected chi connectivity index (χ0v) is 27.7. The van der Waals surface area contributed by atoms with Crippen LogP contribution in [0, 0.1) is 16.0 Å². The first kappa shape index (κ1) is 39.4. The number of anilines is 1. The number of amides is 4. The molecule has 0 heterocycles. The van der Waals surface area contributed by atoms with Gasteiger partial charge in [-0.15, -0.1) is 0 Å². The van der Waals surface area contributed by atoms with Crippen molar-refractivity contribution in [3.8, 4) is 5.75 Å². The Morgan fingerprint density at radius 1 is 0.857 bits per heavy atom. The maximum absolute atomic E-state index is 13.0. The molecule has 0 spiro atoms. The molecule has 49 heavy (non-hydrogen) atoms. The van der Waals surface area contributed by atoms with Gasteiger partial charge < -0.3 is 35.5 Å². The smallest absolute Gasteiger partial charge is 0.466 e. The van der Waals surface area contributed by atoms with Crippen LogP contribution in [0.4, 0.5) is 16.2 Å². The molecule has 16 heteroatoms. The number of unbranched alkanes of at least 4 members (excludes halogenated alkanes) is 2. The number of ether oxygens (including phenoxy) is 3. The second kappa shape index (κ2) is 20.4. The fraction of sp³-hybridized carbons (Fsp3) is 0.394. The fourth-order valence-electron chi connectivity index (χ4n) is 4.06. The molecule has 0 aliphatic rings. The lowest BCUT2D eigenvalue weighted by Gasteiger charge is -2.24. The molecular formula is C33H41N5O11. The number of esters is 1. The number of nitrogens with one attached hydrogen (secondary N) is 4. The third-order valence-corrected chi connectivity index (χ3v) is 6.80. The van der Waals surface area contributed by atoms with E-state index in [1.807, 2.05) is 0 Å². The minimum Gasteiger partial charge on any atom is -0.466 e. The second-order valence-electron chi connectivity index (χ2n) is 11.1. The molecule has 0 radical (unpaired) electrons. The van der Waals surface area contributed by atoms with Gasteiger partial charge in [-0.3, -0.25) is 29.3 Å². The molecule has 2 aromatic rings. The molecule has 0 aliphatic heterocycles. The van der Waals surface area contributed by atoms with Crippen LogP contribution < -0.4 is 26.0 Å². The van der Waals surface area contributed by atoms with Crippen molar-refractivity contribution in [2.24, 2.45) is 5.92 Å². The molecule has 264 valence electrons. The van der Waals surface area contributed by atoms with E-state index in [0.717, 1.165) is 12.2 Å². The molecule has 2 aromatic carbocycles. The monoisotopic (exact) mass is 683 g/mol. The Labute approximate surface area is 283 Å². The predicted octanol–water partition coefficient (Wildman–Crippen LogP) is 3.30. The zero-order valence-electron chi connectivity index (χ0n) is 27.7. The largest absolute Gasteiger partial charge is 0.514 e. The van der Waals surface area contributed by atoms with Gasteiger partial charge >= 0.3 is 12.1 Å². The van der Waals surface area contributed by atoms with E-state index in [4.69, 9.17) is 9.47 Å². The number of nitrogens with zero attached hydrogens (tertiary/aromatic N) is 1. The summed E-state index contributed by atoms with van der Waals surface area (Å²) in [5, 5.41) is 21.4. The molecular weight excluding hydrogens is 642 g/mol. The van der Waals surface area contributed by atoms with Crippen LogP contribution in [0.3, 0.4) is 0 Å². The number of rotatable bonds is 18. The van der Waals surface area contributed by atoms with Crippen LogP contribution in [0.15, 0.2) is 60.7 Å². The van der Waals surface area contributed by atoms with Gasteiger partial charge in [0.2, 0.25) is 23.6 Å². The highest BCUT2D eigenvalue weighted by Crippen LogP contribution is 2.18. The summed E-state index contributed by atoms with van der Waals surface area (Å²) in [6.07, 6.45) is 3.06. The van der Waals surface area contributed by atoms with Gasteiger partial charge in [-0.25, -0.2) is 9.59 Å². The zero-order chi connectivity index (χ0) is 36.3. The maximum atomic E-state index is 13.0. The molecule has 0 saturated heterocycles. The molecule has 0 saturated carbocycles. The average molecular weight is 684 g/mol. The summed E-state index contributed by atoms with van der Waals surface area (Å²) in [6, 6.07) is 9.53. The van der Waals surface area contributed by atoms with E-state index in [2.05, 4.69) is 26.0 Å². The summed E-state index contributed by atoms with van der Waals surface area (Å²) in [5.41, 5.74) is 0.866. The molecule has 2 rings (SSSR count).